The van der Waals surface area contributed by atoms with Crippen molar-refractivity contribution in [1.82, 2.24) is 15.0 Å². The van der Waals surface area contributed by atoms with Gasteiger partial charge in [0, 0.05) is 17.4 Å². The van der Waals surface area contributed by atoms with Gasteiger partial charge in [0.05, 0.1) is 11.7 Å². The van der Waals surface area contributed by atoms with Crippen molar-refractivity contribution in [1.29, 1.82) is 0 Å². The average molecular weight is 258 g/mol. The van der Waals surface area contributed by atoms with Gasteiger partial charge >= 0.3 is 0 Å². The molecule has 0 radical (unpaired) electrons. The molecule has 0 unspecified atom stereocenters. The van der Waals surface area contributed by atoms with Gasteiger partial charge < -0.3 is 0 Å². The lowest BCUT2D eigenvalue weighted by molar-refractivity contribution is -0.124. The highest BCUT2D eigenvalue weighted by molar-refractivity contribution is 9.08. The normalized spacial score (nSPS) is 25.9. The van der Waals surface area contributed by atoms with Crippen molar-refractivity contribution in [2.75, 3.05) is 0 Å². The Bertz CT molecular complexity index is 344. The smallest absolute Gasteiger partial charge is 0.133 e. The maximum absolute atomic E-state index is 11.0. The van der Waals surface area contributed by atoms with Crippen LogP contribution in [0.25, 0.3) is 0 Å². The molecule has 1 fully saturated rings. The topological polar surface area (TPSA) is 47.8 Å². The average Bonchev–Trinajstić information content (AvgIpc) is 2.49. The molecule has 0 bridgehead atoms. The number of hydrogen-bond acceptors (Lipinski definition) is 3. The standard InChI is InChI=1S/C9H12BrN3O/c1-6(14)7-2-9(3-7)13-5-8(4-10)11-12-13/h5,7,9H,2-4H2,1H3. The summed E-state index contributed by atoms with van der Waals surface area (Å²) in [5.41, 5.74) is 0.941. The number of nitrogens with zero attached hydrogens (tertiary/aromatic N) is 3. The van der Waals surface area contributed by atoms with Gasteiger partial charge in [-0.05, 0) is 19.8 Å². The van der Waals surface area contributed by atoms with Crippen molar-refractivity contribution in [3.8, 4) is 0 Å². The fraction of sp³-hybridized carbons (Fsp3) is 0.667. The van der Waals surface area contributed by atoms with Gasteiger partial charge in [-0.25, -0.2) is 4.68 Å². The number of halogens is 1. The van der Waals surface area contributed by atoms with Crippen LogP contribution >= 0.6 is 15.9 Å². The number of hydrogen-bond donors (Lipinski definition) is 0. The van der Waals surface area contributed by atoms with E-state index in [1.54, 1.807) is 6.92 Å². The molecule has 0 amide bonds. The molecule has 76 valence electrons. The minimum atomic E-state index is 0.247. The molecular formula is C9H12BrN3O. The van der Waals surface area contributed by atoms with E-state index in [0.29, 0.717) is 11.8 Å². The van der Waals surface area contributed by atoms with Crippen molar-refractivity contribution in [2.45, 2.75) is 31.1 Å². The number of rotatable bonds is 3. The fourth-order valence-electron chi connectivity index (χ4n) is 1.69. The van der Waals surface area contributed by atoms with Crippen molar-refractivity contribution >= 4 is 21.7 Å². The number of Topliss-reactive ketones (excluding diaryl/α,β-unsaturated/α-hetero) is 1. The number of carbonyl (C=O) groups excluding carboxylic acids is 1. The van der Waals surface area contributed by atoms with E-state index in [1.165, 1.54) is 0 Å². The SMILES string of the molecule is CC(=O)C1CC(n2cc(CBr)nn2)C1. The van der Waals surface area contributed by atoms with Crippen molar-refractivity contribution in [3.05, 3.63) is 11.9 Å². The second-order valence-corrected chi connectivity index (χ2v) is 4.32. The third-order valence-corrected chi connectivity index (χ3v) is 3.33. The third kappa shape index (κ3) is 1.73. The predicted molar refractivity (Wildman–Crippen MR) is 55.1 cm³/mol. The molecular weight excluding hydrogens is 246 g/mol. The molecule has 4 nitrogen and oxygen atoms in total. The highest BCUT2D eigenvalue weighted by Crippen LogP contribution is 2.37. The minimum Gasteiger partial charge on any atom is -0.300 e. The Kier molecular flexibility index (Phi) is 2.67. The van der Waals surface area contributed by atoms with Crippen LogP contribution in [0.3, 0.4) is 0 Å². The first-order valence-electron chi connectivity index (χ1n) is 4.68. The van der Waals surface area contributed by atoms with Crippen LogP contribution in [0, 0.1) is 5.92 Å². The Morgan fingerprint density at radius 1 is 1.71 bits per heavy atom. The van der Waals surface area contributed by atoms with Crippen LogP contribution in [0.5, 0.6) is 0 Å². The number of aromatic nitrogens is 3. The molecule has 14 heavy (non-hydrogen) atoms. The zero-order valence-corrected chi connectivity index (χ0v) is 9.57. The zero-order valence-electron chi connectivity index (χ0n) is 7.98. The molecule has 0 aromatic carbocycles. The van der Waals surface area contributed by atoms with Gasteiger partial charge in [-0.2, -0.15) is 0 Å². The predicted octanol–water partition coefficient (Wildman–Crippen LogP) is 1.71. The number of carbonyl (C=O) groups is 1. The molecule has 1 saturated carbocycles. The first kappa shape index (κ1) is 9.83. The Balaban J connectivity index is 1.96. The van der Waals surface area contributed by atoms with E-state index in [9.17, 15) is 4.79 Å². The summed E-state index contributed by atoms with van der Waals surface area (Å²) in [6.07, 6.45) is 3.77. The maximum Gasteiger partial charge on any atom is 0.133 e. The summed E-state index contributed by atoms with van der Waals surface area (Å²) in [7, 11) is 0. The Morgan fingerprint density at radius 3 is 2.93 bits per heavy atom. The minimum absolute atomic E-state index is 0.247. The molecule has 2 rings (SSSR count). The molecule has 1 aliphatic rings. The summed E-state index contributed by atoms with van der Waals surface area (Å²) in [4.78, 5) is 11.0. The van der Waals surface area contributed by atoms with E-state index >= 15 is 0 Å². The van der Waals surface area contributed by atoms with Gasteiger partial charge in [-0.1, -0.05) is 21.1 Å². The van der Waals surface area contributed by atoms with E-state index in [1.807, 2.05) is 10.9 Å². The Hall–Kier alpha value is -0.710. The Morgan fingerprint density at radius 2 is 2.43 bits per heavy atom. The molecule has 5 heteroatoms. The van der Waals surface area contributed by atoms with E-state index in [4.69, 9.17) is 0 Å². The molecule has 1 heterocycles. The number of alkyl halides is 1. The lowest BCUT2D eigenvalue weighted by Gasteiger charge is -2.33. The van der Waals surface area contributed by atoms with Crippen LogP contribution < -0.4 is 0 Å². The summed E-state index contributed by atoms with van der Waals surface area (Å²) in [5.74, 6) is 0.540. The van der Waals surface area contributed by atoms with Crippen LogP contribution in [0.15, 0.2) is 6.20 Å². The summed E-state index contributed by atoms with van der Waals surface area (Å²) >= 11 is 3.33. The summed E-state index contributed by atoms with van der Waals surface area (Å²) in [6.45, 7) is 1.66. The quantitative estimate of drug-likeness (QED) is 0.775. The largest absolute Gasteiger partial charge is 0.300 e. The highest BCUT2D eigenvalue weighted by atomic mass is 79.9. The van der Waals surface area contributed by atoms with Gasteiger partial charge in [0.15, 0.2) is 0 Å². The third-order valence-electron chi connectivity index (χ3n) is 2.76. The monoisotopic (exact) mass is 257 g/mol. The van der Waals surface area contributed by atoms with Gasteiger partial charge in [-0.15, -0.1) is 5.10 Å². The molecule has 0 aliphatic heterocycles. The summed E-state index contributed by atoms with van der Waals surface area (Å²) in [6, 6.07) is 0.379. The van der Waals surface area contributed by atoms with Crippen LogP contribution in [-0.4, -0.2) is 20.8 Å². The molecule has 1 aromatic rings. The molecule has 0 N–H and O–H groups in total. The van der Waals surface area contributed by atoms with E-state index in [-0.39, 0.29) is 5.92 Å². The summed E-state index contributed by atoms with van der Waals surface area (Å²) < 4.78 is 1.87. The van der Waals surface area contributed by atoms with Crippen molar-refractivity contribution in [3.63, 3.8) is 0 Å². The van der Waals surface area contributed by atoms with Gasteiger partial charge in [0.2, 0.25) is 0 Å². The molecule has 1 aliphatic carbocycles. The maximum atomic E-state index is 11.0. The fourth-order valence-corrected chi connectivity index (χ4v) is 1.95. The Labute approximate surface area is 90.8 Å². The van der Waals surface area contributed by atoms with Gasteiger partial charge in [-0.3, -0.25) is 4.79 Å². The van der Waals surface area contributed by atoms with Crippen LogP contribution in [0.2, 0.25) is 0 Å². The van der Waals surface area contributed by atoms with Crippen molar-refractivity contribution in [2.24, 2.45) is 5.92 Å². The summed E-state index contributed by atoms with van der Waals surface area (Å²) in [5, 5.41) is 8.75. The molecule has 1 aromatic heterocycles. The lowest BCUT2D eigenvalue weighted by atomic mass is 9.78. The first-order chi connectivity index (χ1) is 6.70. The van der Waals surface area contributed by atoms with Crippen LogP contribution in [0.1, 0.15) is 31.5 Å². The second-order valence-electron chi connectivity index (χ2n) is 3.76. The van der Waals surface area contributed by atoms with Gasteiger partial charge in [0.1, 0.15) is 5.78 Å². The highest BCUT2D eigenvalue weighted by Gasteiger charge is 2.34. The van der Waals surface area contributed by atoms with Crippen molar-refractivity contribution < 1.29 is 4.79 Å². The van der Waals surface area contributed by atoms with E-state index < -0.39 is 0 Å². The van der Waals surface area contributed by atoms with Crippen LogP contribution in [-0.2, 0) is 10.1 Å². The molecule has 0 saturated heterocycles. The van der Waals surface area contributed by atoms with E-state index in [2.05, 4.69) is 26.2 Å². The number of ketones is 1. The molecule has 0 spiro atoms. The van der Waals surface area contributed by atoms with Crippen LogP contribution in [0.4, 0.5) is 0 Å². The van der Waals surface area contributed by atoms with E-state index in [0.717, 1.165) is 23.9 Å². The zero-order chi connectivity index (χ0) is 10.1. The second kappa shape index (κ2) is 3.81. The van der Waals surface area contributed by atoms with Gasteiger partial charge in [0.25, 0.3) is 0 Å². The first-order valence-corrected chi connectivity index (χ1v) is 5.80. The molecule has 0 atom stereocenters. The lowest BCUT2D eigenvalue weighted by Crippen LogP contribution is -2.31.